The van der Waals surface area contributed by atoms with Gasteiger partial charge in [0.1, 0.15) is 0 Å². The fourth-order valence-corrected chi connectivity index (χ4v) is 1.50. The molecule has 0 aromatic rings. The summed E-state index contributed by atoms with van der Waals surface area (Å²) in [6.45, 7) is 11.5. The summed E-state index contributed by atoms with van der Waals surface area (Å²) in [7, 11) is 6.65. The number of hydrogen-bond donors (Lipinski definition) is 1. The van der Waals surface area contributed by atoms with Gasteiger partial charge in [0, 0.05) is 18.8 Å². The Balaban J connectivity index is 0.00000121. The highest BCUT2D eigenvalue weighted by molar-refractivity contribution is 6.05. The van der Waals surface area contributed by atoms with Crippen LogP contribution in [0.5, 0.6) is 0 Å². The van der Waals surface area contributed by atoms with Crippen LogP contribution in [-0.4, -0.2) is 39.4 Å². The Bertz CT molecular complexity index is 257. The normalized spacial score (nSPS) is 17.2. The van der Waals surface area contributed by atoms with E-state index < -0.39 is 0 Å². The molecule has 0 atom stereocenters. The minimum atomic E-state index is 0.339. The van der Waals surface area contributed by atoms with Crippen molar-refractivity contribution in [3.05, 3.63) is 23.9 Å². The van der Waals surface area contributed by atoms with Crippen molar-refractivity contribution in [3.8, 4) is 0 Å². The summed E-state index contributed by atoms with van der Waals surface area (Å²) in [4.78, 5) is 2.31. The van der Waals surface area contributed by atoms with E-state index in [2.05, 4.69) is 64.1 Å². The van der Waals surface area contributed by atoms with E-state index in [0.29, 0.717) is 5.41 Å². The quantitative estimate of drug-likeness (QED) is 0.735. The molecule has 0 amide bonds. The van der Waals surface area contributed by atoms with Crippen LogP contribution in [-0.2, 0) is 0 Å². The molecule has 1 N–H and O–H groups in total. The number of hydrogen-bond acceptors (Lipinski definition) is 2. The van der Waals surface area contributed by atoms with Crippen LogP contribution in [0.25, 0.3) is 0 Å². The molecule has 1 aliphatic carbocycles. The van der Waals surface area contributed by atoms with Crippen LogP contribution in [0, 0.1) is 5.41 Å². The van der Waals surface area contributed by atoms with Crippen molar-refractivity contribution in [1.29, 1.82) is 0 Å². The predicted molar refractivity (Wildman–Crippen MR) is 78.4 cm³/mol. The topological polar surface area (TPSA) is 15.3 Å². The summed E-state index contributed by atoms with van der Waals surface area (Å²) in [6, 6.07) is 0. The molecule has 0 saturated carbocycles. The van der Waals surface area contributed by atoms with Gasteiger partial charge >= 0.3 is 0 Å². The second-order valence-electron chi connectivity index (χ2n) is 5.01. The summed E-state index contributed by atoms with van der Waals surface area (Å²) >= 11 is 0. The van der Waals surface area contributed by atoms with Crippen molar-refractivity contribution in [2.45, 2.75) is 34.0 Å². The maximum atomic E-state index is 4.50. The first-order valence-electron chi connectivity index (χ1n) is 6.43. The zero-order chi connectivity index (χ0) is 13.3. The number of likely N-dealkylation sites (N-methyl/N-ethyl adjacent to an activating group) is 1. The Kier molecular flexibility index (Phi) is 8.06. The molecule has 0 saturated heterocycles. The van der Waals surface area contributed by atoms with Crippen molar-refractivity contribution < 1.29 is 0 Å². The highest BCUT2D eigenvalue weighted by Crippen LogP contribution is 2.27. The Morgan fingerprint density at radius 3 is 2.53 bits per heavy atom. The van der Waals surface area contributed by atoms with Crippen LogP contribution in [0.4, 0.5) is 0 Å². The van der Waals surface area contributed by atoms with Crippen LogP contribution < -0.4 is 5.32 Å². The van der Waals surface area contributed by atoms with Gasteiger partial charge in [0.25, 0.3) is 0 Å². The number of nitrogens with one attached hydrogen (secondary N) is 1. The van der Waals surface area contributed by atoms with E-state index in [1.165, 1.54) is 12.5 Å². The van der Waals surface area contributed by atoms with Crippen molar-refractivity contribution in [1.82, 2.24) is 10.2 Å². The van der Waals surface area contributed by atoms with Gasteiger partial charge in [-0.15, -0.1) is 0 Å². The molecule has 0 spiro atoms. The first-order valence-corrected chi connectivity index (χ1v) is 6.43. The Morgan fingerprint density at radius 2 is 2.06 bits per heavy atom. The minimum absolute atomic E-state index is 0.339. The van der Waals surface area contributed by atoms with Crippen LogP contribution in [0.15, 0.2) is 23.9 Å². The summed E-state index contributed by atoms with van der Waals surface area (Å²) in [5, 5.41) is 3.46. The van der Waals surface area contributed by atoms with E-state index in [4.69, 9.17) is 0 Å². The second kappa shape index (κ2) is 8.40. The average Bonchev–Trinajstić information content (AvgIpc) is 2.33. The Hall–Kier alpha value is -0.695. The SMILES string of the molecule is CCN(C)CCNC1=CCC(C)(C)C=C1.[B]C. The van der Waals surface area contributed by atoms with E-state index in [0.717, 1.165) is 26.1 Å². The summed E-state index contributed by atoms with van der Waals surface area (Å²) in [5.74, 6) is 0. The van der Waals surface area contributed by atoms with Crippen molar-refractivity contribution in [2.75, 3.05) is 26.7 Å². The van der Waals surface area contributed by atoms with E-state index in [9.17, 15) is 0 Å². The molecule has 0 fully saturated rings. The second-order valence-corrected chi connectivity index (χ2v) is 5.01. The zero-order valence-corrected chi connectivity index (χ0v) is 12.1. The molecule has 0 heterocycles. The van der Waals surface area contributed by atoms with Gasteiger partial charge in [-0.05, 0) is 31.5 Å². The van der Waals surface area contributed by atoms with Crippen molar-refractivity contribution >= 4 is 7.85 Å². The summed E-state index contributed by atoms with van der Waals surface area (Å²) in [5.41, 5.74) is 1.62. The lowest BCUT2D eigenvalue weighted by atomic mass is 9.85. The van der Waals surface area contributed by atoms with Crippen LogP contribution in [0.1, 0.15) is 27.2 Å². The Labute approximate surface area is 109 Å². The van der Waals surface area contributed by atoms with E-state index in [1.807, 2.05) is 0 Å². The fraction of sp³-hybridized carbons (Fsp3) is 0.714. The Morgan fingerprint density at radius 1 is 1.41 bits per heavy atom. The molecule has 0 aliphatic heterocycles. The van der Waals surface area contributed by atoms with Gasteiger partial charge < -0.3 is 10.2 Å². The average molecular weight is 234 g/mol. The zero-order valence-electron chi connectivity index (χ0n) is 12.1. The van der Waals surface area contributed by atoms with Gasteiger partial charge in [-0.2, -0.15) is 0 Å². The molecule has 3 heteroatoms. The van der Waals surface area contributed by atoms with Crippen molar-refractivity contribution in [3.63, 3.8) is 0 Å². The largest absolute Gasteiger partial charge is 0.384 e. The molecule has 0 unspecified atom stereocenters. The van der Waals surface area contributed by atoms with Crippen LogP contribution >= 0.6 is 0 Å². The van der Waals surface area contributed by atoms with Gasteiger partial charge in [0.15, 0.2) is 0 Å². The van der Waals surface area contributed by atoms with Crippen LogP contribution in [0.3, 0.4) is 0 Å². The van der Waals surface area contributed by atoms with Gasteiger partial charge in [-0.1, -0.05) is 39.7 Å². The first-order chi connectivity index (χ1) is 8.03. The van der Waals surface area contributed by atoms with E-state index >= 15 is 0 Å². The molecule has 96 valence electrons. The maximum absolute atomic E-state index is 4.50. The highest BCUT2D eigenvalue weighted by atomic mass is 15.1. The maximum Gasteiger partial charge on any atom is 0.0606 e. The minimum Gasteiger partial charge on any atom is -0.384 e. The summed E-state index contributed by atoms with van der Waals surface area (Å²) in [6.07, 6.45) is 7.93. The van der Waals surface area contributed by atoms with Gasteiger partial charge in [-0.3, -0.25) is 0 Å². The lowest BCUT2D eigenvalue weighted by molar-refractivity contribution is 0.354. The predicted octanol–water partition coefficient (Wildman–Crippen LogP) is 2.60. The van der Waals surface area contributed by atoms with Gasteiger partial charge in [0.05, 0.1) is 7.85 Å². The number of rotatable bonds is 5. The van der Waals surface area contributed by atoms with E-state index in [1.54, 1.807) is 0 Å². The third-order valence-electron chi connectivity index (χ3n) is 2.92. The highest BCUT2D eigenvalue weighted by Gasteiger charge is 2.15. The fourth-order valence-electron chi connectivity index (χ4n) is 1.50. The van der Waals surface area contributed by atoms with Crippen molar-refractivity contribution in [2.24, 2.45) is 5.41 Å². The molecule has 0 bridgehead atoms. The molecule has 2 radical (unpaired) electrons. The molecular weight excluding hydrogens is 207 g/mol. The third-order valence-corrected chi connectivity index (χ3v) is 2.92. The van der Waals surface area contributed by atoms with Crippen LogP contribution in [0.2, 0.25) is 6.82 Å². The molecular formula is C14H27BN2. The molecule has 2 nitrogen and oxygen atoms in total. The summed E-state index contributed by atoms with van der Waals surface area (Å²) < 4.78 is 0. The number of allylic oxidation sites excluding steroid dienone is 3. The molecule has 1 rings (SSSR count). The molecule has 0 aromatic heterocycles. The lowest BCUT2D eigenvalue weighted by Gasteiger charge is -2.23. The molecule has 0 aromatic carbocycles. The number of nitrogens with zero attached hydrogens (tertiary/aromatic N) is 1. The lowest BCUT2D eigenvalue weighted by Crippen LogP contribution is -2.29. The monoisotopic (exact) mass is 234 g/mol. The molecule has 1 aliphatic rings. The smallest absolute Gasteiger partial charge is 0.0606 e. The standard InChI is InChI=1S/C13H24N2.CH3B/c1-5-15(4)11-10-14-12-6-8-13(2,3)9-7-12;1-2/h6-8,14H,5,9-11H2,1-4H3;1H3. The first kappa shape index (κ1) is 16.3. The third kappa shape index (κ3) is 7.27. The van der Waals surface area contributed by atoms with E-state index in [-0.39, 0.29) is 0 Å². The molecule has 17 heavy (non-hydrogen) atoms. The van der Waals surface area contributed by atoms with Gasteiger partial charge in [-0.25, -0.2) is 0 Å². The van der Waals surface area contributed by atoms with Gasteiger partial charge in [0.2, 0.25) is 0 Å².